The van der Waals surface area contributed by atoms with E-state index in [9.17, 15) is 18.0 Å². The summed E-state index contributed by atoms with van der Waals surface area (Å²) in [5, 5.41) is 2.99. The Morgan fingerprint density at radius 2 is 1.62 bits per heavy atom. The molecule has 9 nitrogen and oxygen atoms in total. The SMILES string of the molecule is C[C@@H](C(=O)NCCN1CCOCC1)N(Cc1ccccc1)C(=O)CCc1ccc(S(=O)(=O)N2CCCC2)cc1. The van der Waals surface area contributed by atoms with Gasteiger partial charge in [0.2, 0.25) is 21.8 Å². The number of aryl methyl sites for hydroxylation is 1. The van der Waals surface area contributed by atoms with Crippen molar-refractivity contribution in [3.05, 3.63) is 65.7 Å². The third-order valence-corrected chi connectivity index (χ3v) is 9.36. The van der Waals surface area contributed by atoms with Crippen LogP contribution < -0.4 is 5.32 Å². The Morgan fingerprint density at radius 3 is 2.28 bits per heavy atom. The second-order valence-electron chi connectivity index (χ2n) is 10.2. The van der Waals surface area contributed by atoms with Gasteiger partial charge in [-0.15, -0.1) is 0 Å². The fourth-order valence-corrected chi connectivity index (χ4v) is 6.49. The molecule has 10 heteroatoms. The molecule has 0 radical (unpaired) electrons. The highest BCUT2D eigenvalue weighted by Gasteiger charge is 2.28. The molecule has 0 unspecified atom stereocenters. The van der Waals surface area contributed by atoms with Crippen molar-refractivity contribution in [2.24, 2.45) is 0 Å². The molecule has 2 aliphatic rings. The summed E-state index contributed by atoms with van der Waals surface area (Å²) < 4.78 is 32.5. The predicted molar refractivity (Wildman–Crippen MR) is 149 cm³/mol. The van der Waals surface area contributed by atoms with Gasteiger partial charge in [-0.05, 0) is 49.4 Å². The van der Waals surface area contributed by atoms with Gasteiger partial charge in [-0.25, -0.2) is 8.42 Å². The lowest BCUT2D eigenvalue weighted by atomic mass is 10.1. The molecule has 39 heavy (non-hydrogen) atoms. The lowest BCUT2D eigenvalue weighted by Crippen LogP contribution is -2.49. The molecule has 4 rings (SSSR count). The molecule has 2 aromatic carbocycles. The largest absolute Gasteiger partial charge is 0.379 e. The number of nitrogens with one attached hydrogen (secondary N) is 1. The van der Waals surface area contributed by atoms with E-state index >= 15 is 0 Å². The van der Waals surface area contributed by atoms with E-state index in [2.05, 4.69) is 10.2 Å². The summed E-state index contributed by atoms with van der Waals surface area (Å²) in [5.41, 5.74) is 1.83. The standard InChI is InChI=1S/C29H40N4O5S/c1-24(29(35)30-15-18-31-19-21-38-22-20-31)33(23-26-7-3-2-4-8-26)28(34)14-11-25-9-12-27(13-10-25)39(36,37)32-16-5-6-17-32/h2-4,7-10,12-13,24H,5-6,11,14-23H2,1H3,(H,30,35)/t24-/m0/s1. The van der Waals surface area contributed by atoms with Crippen molar-refractivity contribution in [3.8, 4) is 0 Å². The smallest absolute Gasteiger partial charge is 0.243 e. The van der Waals surface area contributed by atoms with Gasteiger partial charge in [0, 0.05) is 52.2 Å². The number of morpholine rings is 1. The van der Waals surface area contributed by atoms with Crippen LogP contribution >= 0.6 is 0 Å². The second-order valence-corrected chi connectivity index (χ2v) is 12.1. The molecule has 0 aromatic heterocycles. The zero-order chi connectivity index (χ0) is 27.7. The van der Waals surface area contributed by atoms with Crippen LogP contribution in [0, 0.1) is 0 Å². The lowest BCUT2D eigenvalue weighted by Gasteiger charge is -2.30. The topological polar surface area (TPSA) is 99.3 Å². The average Bonchev–Trinajstić information content (AvgIpc) is 3.52. The van der Waals surface area contributed by atoms with Gasteiger partial charge in [0.25, 0.3) is 0 Å². The normalized spacial score (nSPS) is 17.6. The molecule has 2 aromatic rings. The first-order chi connectivity index (χ1) is 18.8. The number of ether oxygens (including phenoxy) is 1. The van der Waals surface area contributed by atoms with Crippen molar-refractivity contribution < 1.29 is 22.7 Å². The van der Waals surface area contributed by atoms with Crippen molar-refractivity contribution in [1.82, 2.24) is 19.4 Å². The van der Waals surface area contributed by atoms with Gasteiger partial charge in [0.15, 0.2) is 0 Å². The van der Waals surface area contributed by atoms with E-state index in [0.717, 1.165) is 43.6 Å². The van der Waals surface area contributed by atoms with Crippen LogP contribution in [0.25, 0.3) is 0 Å². The summed E-state index contributed by atoms with van der Waals surface area (Å²) in [7, 11) is -3.47. The van der Waals surface area contributed by atoms with E-state index in [-0.39, 0.29) is 23.1 Å². The molecule has 2 fully saturated rings. The fourth-order valence-electron chi connectivity index (χ4n) is 4.97. The summed E-state index contributed by atoms with van der Waals surface area (Å²) in [6, 6.07) is 15.8. The molecule has 1 atom stereocenters. The molecule has 2 amide bonds. The van der Waals surface area contributed by atoms with Gasteiger partial charge in [-0.3, -0.25) is 14.5 Å². The number of hydrogen-bond donors (Lipinski definition) is 1. The minimum atomic E-state index is -3.47. The van der Waals surface area contributed by atoms with Crippen LogP contribution in [0.3, 0.4) is 0 Å². The number of hydrogen-bond acceptors (Lipinski definition) is 6. The number of nitrogens with zero attached hydrogens (tertiary/aromatic N) is 3. The summed E-state index contributed by atoms with van der Waals surface area (Å²) in [6.45, 7) is 7.63. The van der Waals surface area contributed by atoms with Gasteiger partial charge in [0.1, 0.15) is 6.04 Å². The lowest BCUT2D eigenvalue weighted by molar-refractivity contribution is -0.140. The highest BCUT2D eigenvalue weighted by Crippen LogP contribution is 2.21. The number of benzene rings is 2. The highest BCUT2D eigenvalue weighted by molar-refractivity contribution is 7.89. The van der Waals surface area contributed by atoms with E-state index < -0.39 is 16.1 Å². The molecule has 212 valence electrons. The van der Waals surface area contributed by atoms with Crippen molar-refractivity contribution in [1.29, 1.82) is 0 Å². The monoisotopic (exact) mass is 556 g/mol. The molecule has 0 spiro atoms. The first kappa shape index (κ1) is 29.2. The van der Waals surface area contributed by atoms with Gasteiger partial charge in [-0.1, -0.05) is 42.5 Å². The van der Waals surface area contributed by atoms with Gasteiger partial charge >= 0.3 is 0 Å². The van der Waals surface area contributed by atoms with Gasteiger partial charge in [0.05, 0.1) is 18.1 Å². The molecule has 0 saturated carbocycles. The van der Waals surface area contributed by atoms with Crippen LogP contribution in [0.15, 0.2) is 59.5 Å². The van der Waals surface area contributed by atoms with Crippen molar-refractivity contribution in [3.63, 3.8) is 0 Å². The molecular weight excluding hydrogens is 516 g/mol. The maximum Gasteiger partial charge on any atom is 0.243 e. The molecular formula is C29H40N4O5S. The number of carbonyl (C=O) groups is 2. The van der Waals surface area contributed by atoms with Gasteiger partial charge in [-0.2, -0.15) is 4.31 Å². The van der Waals surface area contributed by atoms with Crippen LogP contribution in [0.2, 0.25) is 0 Å². The Labute approximate surface area is 232 Å². The third kappa shape index (κ3) is 8.11. The zero-order valence-electron chi connectivity index (χ0n) is 22.8. The number of sulfonamides is 1. The second kappa shape index (κ2) is 14.0. The van der Waals surface area contributed by atoms with E-state index in [1.54, 1.807) is 36.1 Å². The fraction of sp³-hybridized carbons (Fsp3) is 0.517. The first-order valence-electron chi connectivity index (χ1n) is 13.8. The molecule has 0 bridgehead atoms. The van der Waals surface area contributed by atoms with E-state index in [1.165, 1.54) is 4.31 Å². The minimum absolute atomic E-state index is 0.122. The third-order valence-electron chi connectivity index (χ3n) is 7.45. The molecule has 2 heterocycles. The molecule has 0 aliphatic carbocycles. The van der Waals surface area contributed by atoms with Crippen molar-refractivity contribution in [2.75, 3.05) is 52.5 Å². The van der Waals surface area contributed by atoms with Gasteiger partial charge < -0.3 is 15.0 Å². The minimum Gasteiger partial charge on any atom is -0.379 e. The van der Waals surface area contributed by atoms with E-state index in [1.807, 2.05) is 30.3 Å². The molecule has 1 N–H and O–H groups in total. The maximum atomic E-state index is 13.4. The Morgan fingerprint density at radius 1 is 0.949 bits per heavy atom. The van der Waals surface area contributed by atoms with Crippen molar-refractivity contribution >= 4 is 21.8 Å². The van der Waals surface area contributed by atoms with Crippen LogP contribution in [0.5, 0.6) is 0 Å². The summed E-state index contributed by atoms with van der Waals surface area (Å²) >= 11 is 0. The van der Waals surface area contributed by atoms with Crippen LogP contribution in [-0.4, -0.2) is 92.9 Å². The highest BCUT2D eigenvalue weighted by atomic mass is 32.2. The quantitative estimate of drug-likeness (QED) is 0.431. The van der Waals surface area contributed by atoms with E-state index in [4.69, 9.17) is 4.74 Å². The maximum absolute atomic E-state index is 13.4. The average molecular weight is 557 g/mol. The van der Waals surface area contributed by atoms with Crippen LogP contribution in [-0.2, 0) is 37.3 Å². The number of amides is 2. The zero-order valence-corrected chi connectivity index (χ0v) is 23.6. The predicted octanol–water partition coefficient (Wildman–Crippen LogP) is 2.27. The molecule has 2 saturated heterocycles. The summed E-state index contributed by atoms with van der Waals surface area (Å²) in [5.74, 6) is -0.299. The van der Waals surface area contributed by atoms with Crippen molar-refractivity contribution in [2.45, 2.75) is 50.1 Å². The summed E-state index contributed by atoms with van der Waals surface area (Å²) in [4.78, 5) is 30.6. The molecule has 2 aliphatic heterocycles. The van der Waals surface area contributed by atoms with Crippen LogP contribution in [0.1, 0.15) is 37.3 Å². The number of carbonyl (C=O) groups excluding carboxylic acids is 2. The first-order valence-corrected chi connectivity index (χ1v) is 15.3. The Hall–Kier alpha value is -2.79. The van der Waals surface area contributed by atoms with Crippen LogP contribution in [0.4, 0.5) is 0 Å². The summed E-state index contributed by atoms with van der Waals surface area (Å²) in [6.07, 6.45) is 2.46. The number of rotatable bonds is 12. The van der Waals surface area contributed by atoms with E-state index in [0.29, 0.717) is 45.8 Å². The Kier molecular flexibility index (Phi) is 10.5. The Balaban J connectivity index is 1.35. The Bertz CT molecular complexity index is 1180.